The Morgan fingerprint density at radius 1 is 1.26 bits per heavy atom. The molecule has 0 amide bonds. The number of nitrogens with zero attached hydrogens (tertiary/aromatic N) is 1. The van der Waals surface area contributed by atoms with Crippen LogP contribution in [0.15, 0.2) is 18.2 Å². The van der Waals surface area contributed by atoms with Crippen molar-refractivity contribution < 1.29 is 13.5 Å². The van der Waals surface area contributed by atoms with E-state index < -0.39 is 5.82 Å². The molecule has 0 atom stereocenters. The predicted octanol–water partition coefficient (Wildman–Crippen LogP) is 1.90. The summed E-state index contributed by atoms with van der Waals surface area (Å²) >= 11 is 0. The van der Waals surface area contributed by atoms with Crippen molar-refractivity contribution in [1.29, 1.82) is 0 Å². The van der Waals surface area contributed by atoms with Crippen molar-refractivity contribution in [3.63, 3.8) is 0 Å². The van der Waals surface area contributed by atoms with Gasteiger partial charge in [0.05, 0.1) is 12.7 Å². The van der Waals surface area contributed by atoms with Gasteiger partial charge in [-0.15, -0.1) is 0 Å². The summed E-state index contributed by atoms with van der Waals surface area (Å²) in [5.74, 6) is -0.736. The second kappa shape index (κ2) is 6.93. The Hall–Kier alpha value is -1.04. The molecule has 1 aliphatic heterocycles. The highest BCUT2D eigenvalue weighted by Crippen LogP contribution is 2.18. The molecule has 2 rings (SSSR count). The smallest absolute Gasteiger partial charge is 0.127 e. The standard InChI is InChI=1S/C14H20F2N2O/c15-12-1-2-14(16)11(9-12)10-18-6-3-13(4-7-18)19-8-5-17/h1-2,9,13H,3-8,10,17H2. The zero-order valence-corrected chi connectivity index (χ0v) is 10.9. The van der Waals surface area contributed by atoms with Crippen LogP contribution in [0.2, 0.25) is 0 Å². The monoisotopic (exact) mass is 270 g/mol. The molecule has 0 aliphatic carbocycles. The highest BCUT2D eigenvalue weighted by atomic mass is 19.1. The summed E-state index contributed by atoms with van der Waals surface area (Å²) < 4.78 is 32.2. The van der Waals surface area contributed by atoms with Crippen LogP contribution in [0.1, 0.15) is 18.4 Å². The second-order valence-electron chi connectivity index (χ2n) is 4.87. The molecule has 106 valence electrons. The fourth-order valence-electron chi connectivity index (χ4n) is 2.37. The average molecular weight is 270 g/mol. The quantitative estimate of drug-likeness (QED) is 0.888. The van der Waals surface area contributed by atoms with Crippen LogP contribution in [0.5, 0.6) is 0 Å². The van der Waals surface area contributed by atoms with E-state index in [4.69, 9.17) is 10.5 Å². The first kappa shape index (κ1) is 14.4. The molecule has 0 radical (unpaired) electrons. The zero-order valence-electron chi connectivity index (χ0n) is 10.9. The van der Waals surface area contributed by atoms with Crippen molar-refractivity contribution in [3.8, 4) is 0 Å². The normalized spacial score (nSPS) is 17.8. The highest BCUT2D eigenvalue weighted by Gasteiger charge is 2.20. The summed E-state index contributed by atoms with van der Waals surface area (Å²) in [5.41, 5.74) is 5.81. The largest absolute Gasteiger partial charge is 0.377 e. The van der Waals surface area contributed by atoms with Gasteiger partial charge in [0.2, 0.25) is 0 Å². The predicted molar refractivity (Wildman–Crippen MR) is 69.7 cm³/mol. The molecule has 0 unspecified atom stereocenters. The lowest BCUT2D eigenvalue weighted by Gasteiger charge is -2.31. The molecule has 1 fully saturated rings. The lowest BCUT2D eigenvalue weighted by atomic mass is 10.1. The maximum Gasteiger partial charge on any atom is 0.127 e. The van der Waals surface area contributed by atoms with Crippen molar-refractivity contribution in [2.45, 2.75) is 25.5 Å². The minimum atomic E-state index is -0.391. The van der Waals surface area contributed by atoms with Crippen LogP contribution >= 0.6 is 0 Å². The van der Waals surface area contributed by atoms with E-state index in [9.17, 15) is 8.78 Å². The maximum absolute atomic E-state index is 13.5. The molecule has 0 saturated carbocycles. The highest BCUT2D eigenvalue weighted by molar-refractivity contribution is 5.18. The number of hydrogen-bond acceptors (Lipinski definition) is 3. The summed E-state index contributed by atoms with van der Waals surface area (Å²) in [7, 11) is 0. The van der Waals surface area contributed by atoms with Gasteiger partial charge in [0.1, 0.15) is 11.6 Å². The van der Waals surface area contributed by atoms with Crippen molar-refractivity contribution in [2.75, 3.05) is 26.2 Å². The first-order valence-electron chi connectivity index (χ1n) is 6.67. The van der Waals surface area contributed by atoms with Gasteiger partial charge in [-0.2, -0.15) is 0 Å². The fourth-order valence-corrected chi connectivity index (χ4v) is 2.37. The molecule has 1 saturated heterocycles. The van der Waals surface area contributed by atoms with Crippen LogP contribution in [0.3, 0.4) is 0 Å². The third-order valence-electron chi connectivity index (χ3n) is 3.41. The van der Waals surface area contributed by atoms with Gasteiger partial charge in [-0.1, -0.05) is 0 Å². The maximum atomic E-state index is 13.5. The molecule has 3 nitrogen and oxygen atoms in total. The van der Waals surface area contributed by atoms with Crippen LogP contribution in [-0.4, -0.2) is 37.2 Å². The van der Waals surface area contributed by atoms with E-state index in [-0.39, 0.29) is 11.9 Å². The molecule has 1 heterocycles. The van der Waals surface area contributed by atoms with E-state index in [2.05, 4.69) is 4.90 Å². The summed E-state index contributed by atoms with van der Waals surface area (Å²) in [5, 5.41) is 0. The van der Waals surface area contributed by atoms with E-state index in [0.29, 0.717) is 25.3 Å². The van der Waals surface area contributed by atoms with Gasteiger partial charge < -0.3 is 10.5 Å². The average Bonchev–Trinajstić information content (AvgIpc) is 2.42. The Bertz CT molecular complexity index is 406. The molecule has 19 heavy (non-hydrogen) atoms. The number of benzene rings is 1. The van der Waals surface area contributed by atoms with Crippen LogP contribution in [-0.2, 0) is 11.3 Å². The van der Waals surface area contributed by atoms with Gasteiger partial charge in [-0.25, -0.2) is 8.78 Å². The molecule has 5 heteroatoms. The van der Waals surface area contributed by atoms with Crippen LogP contribution in [0, 0.1) is 11.6 Å². The summed E-state index contributed by atoms with van der Waals surface area (Å²) in [6, 6.07) is 3.60. The number of hydrogen-bond donors (Lipinski definition) is 1. The van der Waals surface area contributed by atoms with E-state index >= 15 is 0 Å². The van der Waals surface area contributed by atoms with Gasteiger partial charge in [-0.05, 0) is 31.0 Å². The minimum Gasteiger partial charge on any atom is -0.377 e. The third-order valence-corrected chi connectivity index (χ3v) is 3.41. The van der Waals surface area contributed by atoms with E-state index in [1.54, 1.807) is 0 Å². The summed E-state index contributed by atoms with van der Waals surface area (Å²) in [4.78, 5) is 2.13. The SMILES string of the molecule is NCCOC1CCN(Cc2cc(F)ccc2F)CC1. The molecule has 0 aromatic heterocycles. The first-order chi connectivity index (χ1) is 9.19. The zero-order chi connectivity index (χ0) is 13.7. The van der Waals surface area contributed by atoms with Crippen molar-refractivity contribution >= 4 is 0 Å². The van der Waals surface area contributed by atoms with E-state index in [1.165, 1.54) is 12.1 Å². The Morgan fingerprint density at radius 3 is 2.68 bits per heavy atom. The number of piperidine rings is 1. The van der Waals surface area contributed by atoms with Crippen molar-refractivity contribution in [2.24, 2.45) is 5.73 Å². The Kier molecular flexibility index (Phi) is 5.24. The van der Waals surface area contributed by atoms with Gasteiger partial charge in [0.25, 0.3) is 0 Å². The van der Waals surface area contributed by atoms with Crippen LogP contribution < -0.4 is 5.73 Å². The van der Waals surface area contributed by atoms with Crippen molar-refractivity contribution in [1.82, 2.24) is 4.90 Å². The molecule has 1 aromatic carbocycles. The number of likely N-dealkylation sites (tertiary alicyclic amines) is 1. The lowest BCUT2D eigenvalue weighted by Crippen LogP contribution is -2.37. The molecular formula is C14H20F2N2O. The number of rotatable bonds is 5. The molecule has 0 bridgehead atoms. The summed E-state index contributed by atoms with van der Waals surface area (Å²) in [6.07, 6.45) is 2.07. The topological polar surface area (TPSA) is 38.5 Å². The van der Waals surface area contributed by atoms with Gasteiger partial charge >= 0.3 is 0 Å². The summed E-state index contributed by atoms with van der Waals surface area (Å²) in [6.45, 7) is 3.25. The van der Waals surface area contributed by atoms with Crippen LogP contribution in [0.4, 0.5) is 8.78 Å². The molecule has 2 N–H and O–H groups in total. The Labute approximate surface area is 112 Å². The number of ether oxygens (including phenoxy) is 1. The molecule has 1 aromatic rings. The van der Waals surface area contributed by atoms with Crippen LogP contribution in [0.25, 0.3) is 0 Å². The number of halogens is 2. The van der Waals surface area contributed by atoms with Crippen molar-refractivity contribution in [3.05, 3.63) is 35.4 Å². The molecular weight excluding hydrogens is 250 g/mol. The molecule has 1 aliphatic rings. The van der Waals surface area contributed by atoms with Gasteiger partial charge in [-0.3, -0.25) is 4.90 Å². The molecule has 0 spiro atoms. The Morgan fingerprint density at radius 2 is 2.00 bits per heavy atom. The Balaban J connectivity index is 1.83. The number of nitrogens with two attached hydrogens (primary N) is 1. The minimum absolute atomic E-state index is 0.247. The lowest BCUT2D eigenvalue weighted by molar-refractivity contribution is 0.00958. The third kappa shape index (κ3) is 4.23. The van der Waals surface area contributed by atoms with Gasteiger partial charge in [0.15, 0.2) is 0 Å². The fraction of sp³-hybridized carbons (Fsp3) is 0.571. The van der Waals surface area contributed by atoms with E-state index in [0.717, 1.165) is 32.0 Å². The first-order valence-corrected chi connectivity index (χ1v) is 6.67. The second-order valence-corrected chi connectivity index (χ2v) is 4.87. The van der Waals surface area contributed by atoms with Gasteiger partial charge in [0, 0.05) is 31.7 Å². The van der Waals surface area contributed by atoms with E-state index in [1.807, 2.05) is 0 Å².